The summed E-state index contributed by atoms with van der Waals surface area (Å²) < 4.78 is 26.0. The molecule has 0 bridgehead atoms. The third-order valence-electron chi connectivity index (χ3n) is 2.90. The molecule has 0 saturated heterocycles. The Hall–Kier alpha value is -2.42. The van der Waals surface area contributed by atoms with Crippen molar-refractivity contribution in [1.82, 2.24) is 15.6 Å². The highest BCUT2D eigenvalue weighted by molar-refractivity contribution is 7.89. The second kappa shape index (κ2) is 7.91. The number of hydrogen-bond acceptors (Lipinski definition) is 4. The van der Waals surface area contributed by atoms with Crippen LogP contribution in [-0.2, 0) is 14.8 Å². The first-order valence-electron chi connectivity index (χ1n) is 6.78. The fourth-order valence-electron chi connectivity index (χ4n) is 1.69. The van der Waals surface area contributed by atoms with Crippen molar-refractivity contribution in [3.63, 3.8) is 0 Å². The van der Waals surface area contributed by atoms with Gasteiger partial charge in [0.15, 0.2) is 0 Å². The minimum absolute atomic E-state index is 0.0444. The van der Waals surface area contributed by atoms with Gasteiger partial charge in [0.1, 0.15) is 0 Å². The van der Waals surface area contributed by atoms with Crippen LogP contribution in [0.5, 0.6) is 0 Å². The number of carbonyl (C=O) groups is 2. The SMILES string of the molecule is O=C(CNS(=O)(=O)c1ccccc1)NNC(=O)c1ccc(Cl)cc1. The molecular formula is C15H14ClN3O4S. The van der Waals surface area contributed by atoms with Crippen molar-refractivity contribution in [2.24, 2.45) is 0 Å². The van der Waals surface area contributed by atoms with Crippen LogP contribution < -0.4 is 15.6 Å². The number of halogens is 1. The van der Waals surface area contributed by atoms with Crippen molar-refractivity contribution < 1.29 is 18.0 Å². The van der Waals surface area contributed by atoms with Gasteiger partial charge in [-0.15, -0.1) is 0 Å². The van der Waals surface area contributed by atoms with Gasteiger partial charge in [-0.1, -0.05) is 29.8 Å². The van der Waals surface area contributed by atoms with Crippen LogP contribution in [0, 0.1) is 0 Å². The largest absolute Gasteiger partial charge is 0.272 e. The summed E-state index contributed by atoms with van der Waals surface area (Å²) in [6, 6.07) is 13.7. The molecule has 0 saturated carbocycles. The second-order valence-corrected chi connectivity index (χ2v) is 6.85. The molecule has 24 heavy (non-hydrogen) atoms. The first kappa shape index (κ1) is 17.9. The lowest BCUT2D eigenvalue weighted by atomic mass is 10.2. The summed E-state index contributed by atoms with van der Waals surface area (Å²) in [6.07, 6.45) is 0. The molecule has 0 radical (unpaired) electrons. The summed E-state index contributed by atoms with van der Waals surface area (Å²) in [7, 11) is -3.79. The minimum atomic E-state index is -3.79. The average Bonchev–Trinajstić information content (AvgIpc) is 2.59. The molecule has 0 heterocycles. The summed E-state index contributed by atoms with van der Waals surface area (Å²) in [4.78, 5) is 23.5. The van der Waals surface area contributed by atoms with Crippen LogP contribution in [0.2, 0.25) is 5.02 Å². The Kier molecular flexibility index (Phi) is 5.91. The summed E-state index contributed by atoms with van der Waals surface area (Å²) in [5, 5.41) is 0.478. The monoisotopic (exact) mass is 367 g/mol. The third kappa shape index (κ3) is 5.05. The van der Waals surface area contributed by atoms with Gasteiger partial charge in [-0.3, -0.25) is 20.4 Å². The first-order chi connectivity index (χ1) is 11.4. The molecule has 0 unspecified atom stereocenters. The minimum Gasteiger partial charge on any atom is -0.272 e. The number of carbonyl (C=O) groups excluding carboxylic acids is 2. The van der Waals surface area contributed by atoms with Crippen LogP contribution in [-0.4, -0.2) is 26.8 Å². The summed E-state index contributed by atoms with van der Waals surface area (Å²) in [6.45, 7) is -0.516. The van der Waals surface area contributed by atoms with Crippen LogP contribution in [0.1, 0.15) is 10.4 Å². The van der Waals surface area contributed by atoms with Gasteiger partial charge in [0, 0.05) is 10.6 Å². The van der Waals surface area contributed by atoms with Gasteiger partial charge in [0.2, 0.25) is 10.0 Å². The summed E-state index contributed by atoms with van der Waals surface area (Å²) in [5.74, 6) is -1.26. The van der Waals surface area contributed by atoms with Crippen LogP contribution in [0.4, 0.5) is 0 Å². The topological polar surface area (TPSA) is 104 Å². The Morgan fingerprint density at radius 2 is 1.54 bits per heavy atom. The predicted octanol–water partition coefficient (Wildman–Crippen LogP) is 1.08. The maximum atomic E-state index is 11.9. The number of sulfonamides is 1. The van der Waals surface area contributed by atoms with Crippen LogP contribution in [0.25, 0.3) is 0 Å². The molecule has 3 N–H and O–H groups in total. The quantitative estimate of drug-likeness (QED) is 0.688. The Morgan fingerprint density at radius 1 is 0.917 bits per heavy atom. The summed E-state index contributed by atoms with van der Waals surface area (Å²) >= 11 is 5.71. The van der Waals surface area contributed by atoms with Gasteiger partial charge in [-0.2, -0.15) is 0 Å². The molecule has 0 spiro atoms. The molecule has 0 aliphatic rings. The van der Waals surface area contributed by atoms with Gasteiger partial charge in [-0.05, 0) is 36.4 Å². The number of hydrogen-bond donors (Lipinski definition) is 3. The number of amides is 2. The van der Waals surface area contributed by atoms with E-state index in [0.29, 0.717) is 10.6 Å². The third-order valence-corrected chi connectivity index (χ3v) is 4.57. The van der Waals surface area contributed by atoms with E-state index >= 15 is 0 Å². The molecule has 9 heteroatoms. The van der Waals surface area contributed by atoms with Gasteiger partial charge in [0.25, 0.3) is 11.8 Å². The summed E-state index contributed by atoms with van der Waals surface area (Å²) in [5.41, 5.74) is 4.59. The number of nitrogens with one attached hydrogen (secondary N) is 3. The zero-order valence-corrected chi connectivity index (χ0v) is 13.9. The fourth-order valence-corrected chi connectivity index (χ4v) is 2.82. The maximum absolute atomic E-state index is 11.9. The van der Waals surface area contributed by atoms with Gasteiger partial charge in [0.05, 0.1) is 11.4 Å². The number of benzene rings is 2. The Labute approximate surface area is 144 Å². The van der Waals surface area contributed by atoms with E-state index in [-0.39, 0.29) is 4.90 Å². The highest BCUT2D eigenvalue weighted by Crippen LogP contribution is 2.09. The Bertz CT molecular complexity index is 824. The van der Waals surface area contributed by atoms with Crippen molar-refractivity contribution in [3.8, 4) is 0 Å². The van der Waals surface area contributed by atoms with Crippen molar-refractivity contribution in [2.75, 3.05) is 6.54 Å². The van der Waals surface area contributed by atoms with Gasteiger partial charge < -0.3 is 0 Å². The smallest absolute Gasteiger partial charge is 0.269 e. The highest BCUT2D eigenvalue weighted by Gasteiger charge is 2.15. The normalized spacial score (nSPS) is 10.9. The van der Waals surface area contributed by atoms with Crippen molar-refractivity contribution in [2.45, 2.75) is 4.90 Å². The van der Waals surface area contributed by atoms with Crippen molar-refractivity contribution >= 4 is 33.4 Å². The first-order valence-corrected chi connectivity index (χ1v) is 8.64. The van der Waals surface area contributed by atoms with E-state index in [0.717, 1.165) is 0 Å². The molecule has 0 aliphatic heterocycles. The molecular weight excluding hydrogens is 354 g/mol. The lowest BCUT2D eigenvalue weighted by Gasteiger charge is -2.09. The van der Waals surface area contributed by atoms with E-state index < -0.39 is 28.4 Å². The van der Waals surface area contributed by atoms with E-state index in [1.807, 2.05) is 0 Å². The van der Waals surface area contributed by atoms with Crippen molar-refractivity contribution in [1.29, 1.82) is 0 Å². The van der Waals surface area contributed by atoms with Crippen molar-refractivity contribution in [3.05, 3.63) is 65.2 Å². The van der Waals surface area contributed by atoms with E-state index in [1.54, 1.807) is 18.2 Å². The average molecular weight is 368 g/mol. The molecule has 0 atom stereocenters. The van der Waals surface area contributed by atoms with Crippen LogP contribution in [0.3, 0.4) is 0 Å². The molecule has 126 valence electrons. The second-order valence-electron chi connectivity index (χ2n) is 4.65. The Balaban J connectivity index is 1.83. The van der Waals surface area contributed by atoms with Gasteiger partial charge >= 0.3 is 0 Å². The van der Waals surface area contributed by atoms with E-state index in [1.165, 1.54) is 36.4 Å². The molecule has 2 rings (SSSR count). The molecule has 0 aromatic heterocycles. The molecule has 0 fully saturated rings. The molecule has 0 aliphatic carbocycles. The zero-order valence-electron chi connectivity index (χ0n) is 12.3. The molecule has 2 aromatic carbocycles. The maximum Gasteiger partial charge on any atom is 0.269 e. The fraction of sp³-hybridized carbons (Fsp3) is 0.0667. The highest BCUT2D eigenvalue weighted by atomic mass is 35.5. The predicted molar refractivity (Wildman–Crippen MR) is 88.7 cm³/mol. The molecule has 2 amide bonds. The zero-order chi connectivity index (χ0) is 17.6. The Morgan fingerprint density at radius 3 is 2.17 bits per heavy atom. The molecule has 2 aromatic rings. The van der Waals surface area contributed by atoms with E-state index in [9.17, 15) is 18.0 Å². The molecule has 7 nitrogen and oxygen atoms in total. The van der Waals surface area contributed by atoms with Crippen LogP contribution in [0.15, 0.2) is 59.5 Å². The number of hydrazine groups is 1. The lowest BCUT2D eigenvalue weighted by Crippen LogP contribution is -2.46. The standard InChI is InChI=1S/C15H14ClN3O4S/c16-12-8-6-11(7-9-12)15(21)19-18-14(20)10-17-24(22,23)13-4-2-1-3-5-13/h1-9,17H,10H2,(H,18,20)(H,19,21). The van der Waals surface area contributed by atoms with E-state index in [2.05, 4.69) is 15.6 Å². The van der Waals surface area contributed by atoms with Gasteiger partial charge in [-0.25, -0.2) is 13.1 Å². The van der Waals surface area contributed by atoms with Crippen LogP contribution >= 0.6 is 11.6 Å². The lowest BCUT2D eigenvalue weighted by molar-refractivity contribution is -0.120. The van der Waals surface area contributed by atoms with E-state index in [4.69, 9.17) is 11.6 Å². The number of rotatable bonds is 5.